The van der Waals surface area contributed by atoms with Gasteiger partial charge in [0.05, 0.1) is 6.04 Å². The van der Waals surface area contributed by atoms with Crippen LogP contribution < -0.4 is 5.73 Å². The average Bonchev–Trinajstić information content (AvgIpc) is 2.15. The van der Waals surface area contributed by atoms with Crippen LogP contribution in [0.25, 0.3) is 0 Å². The first-order valence-corrected chi connectivity index (χ1v) is 3.98. The second kappa shape index (κ2) is 5.34. The molecule has 0 saturated carbocycles. The minimum atomic E-state index is -4.69. The van der Waals surface area contributed by atoms with Gasteiger partial charge in [0.1, 0.15) is 0 Å². The summed E-state index contributed by atoms with van der Waals surface area (Å²) in [6.07, 6.45) is -7.21. The molecule has 2 nitrogen and oxygen atoms in total. The van der Waals surface area contributed by atoms with Crippen LogP contribution in [0, 0.1) is 0 Å². The first kappa shape index (κ1) is 14.2. The van der Waals surface area contributed by atoms with Crippen molar-refractivity contribution in [2.45, 2.75) is 18.3 Å². The second-order valence-corrected chi connectivity index (χ2v) is 2.92. The lowest BCUT2D eigenvalue weighted by Crippen LogP contribution is -2.38. The highest BCUT2D eigenvalue weighted by molar-refractivity contribution is 5.85. The van der Waals surface area contributed by atoms with Crippen molar-refractivity contribution in [1.82, 2.24) is 0 Å². The van der Waals surface area contributed by atoms with Crippen LogP contribution in [0.5, 0.6) is 0 Å². The molecule has 0 radical (unpaired) electrons. The molecule has 0 aliphatic heterocycles. The third-order valence-electron chi connectivity index (χ3n) is 1.86. The first-order chi connectivity index (χ1) is 6.43. The fourth-order valence-electron chi connectivity index (χ4n) is 1.06. The zero-order valence-corrected chi connectivity index (χ0v) is 8.42. The number of hydrogen-bond acceptors (Lipinski definition) is 2. The van der Waals surface area contributed by atoms with E-state index in [9.17, 15) is 13.2 Å². The van der Waals surface area contributed by atoms with Crippen LogP contribution in [0.15, 0.2) is 30.3 Å². The molecule has 0 amide bonds. The predicted octanol–water partition coefficient (Wildman–Crippen LogP) is 2.03. The third-order valence-corrected chi connectivity index (χ3v) is 1.86. The second-order valence-electron chi connectivity index (χ2n) is 2.92. The maximum absolute atomic E-state index is 12.1. The molecule has 86 valence electrons. The van der Waals surface area contributed by atoms with Crippen molar-refractivity contribution in [3.8, 4) is 0 Å². The Morgan fingerprint density at radius 1 is 1.13 bits per heavy atom. The van der Waals surface area contributed by atoms with Crippen LogP contribution in [0.4, 0.5) is 13.2 Å². The first-order valence-electron chi connectivity index (χ1n) is 3.98. The Balaban J connectivity index is 0.00000196. The lowest BCUT2D eigenvalue weighted by atomic mass is 10.0. The lowest BCUT2D eigenvalue weighted by Gasteiger charge is -2.21. The number of halogens is 4. The van der Waals surface area contributed by atoms with Crippen molar-refractivity contribution in [3.63, 3.8) is 0 Å². The highest BCUT2D eigenvalue weighted by atomic mass is 35.5. The van der Waals surface area contributed by atoms with E-state index in [4.69, 9.17) is 10.8 Å². The maximum Gasteiger partial charge on any atom is 0.416 e. The summed E-state index contributed by atoms with van der Waals surface area (Å²) < 4.78 is 36.2. The Morgan fingerprint density at radius 3 is 2.00 bits per heavy atom. The van der Waals surface area contributed by atoms with E-state index < -0.39 is 18.3 Å². The Morgan fingerprint density at radius 2 is 1.60 bits per heavy atom. The van der Waals surface area contributed by atoms with Crippen LogP contribution in [-0.2, 0) is 0 Å². The van der Waals surface area contributed by atoms with Crippen molar-refractivity contribution in [2.24, 2.45) is 5.73 Å². The Kier molecular flexibility index (Phi) is 5.07. The third kappa shape index (κ3) is 3.70. The SMILES string of the molecule is Cl.N[C@H](c1ccccc1)[C@@H](O)C(F)(F)F. The van der Waals surface area contributed by atoms with Crippen LogP contribution in [0.1, 0.15) is 11.6 Å². The number of rotatable bonds is 2. The van der Waals surface area contributed by atoms with Crippen molar-refractivity contribution in [3.05, 3.63) is 35.9 Å². The van der Waals surface area contributed by atoms with Gasteiger partial charge in [-0.1, -0.05) is 30.3 Å². The van der Waals surface area contributed by atoms with Crippen molar-refractivity contribution < 1.29 is 18.3 Å². The smallest absolute Gasteiger partial charge is 0.382 e. The van der Waals surface area contributed by atoms with Crippen LogP contribution in [0.3, 0.4) is 0 Å². The molecule has 0 fully saturated rings. The molecule has 0 spiro atoms. The molecule has 6 heteroatoms. The summed E-state index contributed by atoms with van der Waals surface area (Å²) in [5.74, 6) is 0. The molecule has 0 aromatic heterocycles. The van der Waals surface area contributed by atoms with E-state index in [2.05, 4.69) is 0 Å². The summed E-state index contributed by atoms with van der Waals surface area (Å²) in [5.41, 5.74) is 5.52. The van der Waals surface area contributed by atoms with Gasteiger partial charge in [0.25, 0.3) is 0 Å². The summed E-state index contributed by atoms with van der Waals surface area (Å²) in [5, 5.41) is 8.86. The number of hydrogen-bond donors (Lipinski definition) is 2. The molecular formula is C9H11ClF3NO. The minimum absolute atomic E-state index is 0. The Hall–Kier alpha value is -0.780. The van der Waals surface area contributed by atoms with E-state index in [1.807, 2.05) is 0 Å². The summed E-state index contributed by atoms with van der Waals surface area (Å²) in [7, 11) is 0. The molecule has 0 aliphatic rings. The van der Waals surface area contributed by atoms with Gasteiger partial charge in [-0.25, -0.2) is 0 Å². The minimum Gasteiger partial charge on any atom is -0.382 e. The van der Waals surface area contributed by atoms with E-state index in [1.54, 1.807) is 18.2 Å². The molecule has 1 aromatic carbocycles. The summed E-state index contributed by atoms with van der Waals surface area (Å²) >= 11 is 0. The summed E-state index contributed by atoms with van der Waals surface area (Å²) in [6.45, 7) is 0. The van der Waals surface area contributed by atoms with E-state index in [1.165, 1.54) is 12.1 Å². The van der Waals surface area contributed by atoms with E-state index in [-0.39, 0.29) is 18.0 Å². The lowest BCUT2D eigenvalue weighted by molar-refractivity contribution is -0.210. The van der Waals surface area contributed by atoms with Gasteiger partial charge >= 0.3 is 6.18 Å². The van der Waals surface area contributed by atoms with Crippen molar-refractivity contribution in [2.75, 3.05) is 0 Å². The molecule has 3 N–H and O–H groups in total. The van der Waals surface area contributed by atoms with Gasteiger partial charge in [0.15, 0.2) is 6.10 Å². The molecular weight excluding hydrogens is 231 g/mol. The monoisotopic (exact) mass is 241 g/mol. The number of benzene rings is 1. The number of alkyl halides is 3. The van der Waals surface area contributed by atoms with Crippen LogP contribution in [-0.4, -0.2) is 17.4 Å². The van der Waals surface area contributed by atoms with Crippen LogP contribution in [0.2, 0.25) is 0 Å². The normalized spacial score (nSPS) is 15.3. The largest absolute Gasteiger partial charge is 0.416 e. The summed E-state index contributed by atoms with van der Waals surface area (Å²) in [4.78, 5) is 0. The van der Waals surface area contributed by atoms with E-state index in [0.29, 0.717) is 0 Å². The topological polar surface area (TPSA) is 46.2 Å². The fraction of sp³-hybridized carbons (Fsp3) is 0.333. The van der Waals surface area contributed by atoms with Gasteiger partial charge < -0.3 is 10.8 Å². The van der Waals surface area contributed by atoms with Gasteiger partial charge in [-0.2, -0.15) is 13.2 Å². The molecule has 15 heavy (non-hydrogen) atoms. The molecule has 1 aromatic rings. The van der Waals surface area contributed by atoms with E-state index >= 15 is 0 Å². The van der Waals surface area contributed by atoms with Gasteiger partial charge in [0, 0.05) is 0 Å². The van der Waals surface area contributed by atoms with Gasteiger partial charge in [0.2, 0.25) is 0 Å². The van der Waals surface area contributed by atoms with Gasteiger partial charge in [-0.3, -0.25) is 0 Å². The van der Waals surface area contributed by atoms with Gasteiger partial charge in [-0.15, -0.1) is 12.4 Å². The number of nitrogens with two attached hydrogens (primary N) is 1. The highest BCUT2D eigenvalue weighted by Crippen LogP contribution is 2.28. The number of aliphatic hydroxyl groups excluding tert-OH is 1. The maximum atomic E-state index is 12.1. The quantitative estimate of drug-likeness (QED) is 0.832. The van der Waals surface area contributed by atoms with E-state index in [0.717, 1.165) is 0 Å². The van der Waals surface area contributed by atoms with Gasteiger partial charge in [-0.05, 0) is 5.56 Å². The Bertz CT molecular complexity index is 291. The van der Waals surface area contributed by atoms with Crippen LogP contribution >= 0.6 is 12.4 Å². The highest BCUT2D eigenvalue weighted by Gasteiger charge is 2.42. The fourth-order valence-corrected chi connectivity index (χ4v) is 1.06. The molecule has 1 rings (SSSR count). The number of aliphatic hydroxyl groups is 1. The molecule has 2 atom stereocenters. The molecule has 0 saturated heterocycles. The van der Waals surface area contributed by atoms with Crippen molar-refractivity contribution in [1.29, 1.82) is 0 Å². The zero-order valence-electron chi connectivity index (χ0n) is 7.61. The van der Waals surface area contributed by atoms with Crippen molar-refractivity contribution >= 4 is 12.4 Å². The molecule has 0 aliphatic carbocycles. The standard InChI is InChI=1S/C9H10F3NO.ClH/c10-9(11,12)8(14)7(13)6-4-2-1-3-5-6;/h1-5,7-8,14H,13H2;1H/t7-,8-;/m1./s1. The Labute approximate surface area is 91.3 Å². The zero-order chi connectivity index (χ0) is 10.8. The average molecular weight is 242 g/mol. The summed E-state index contributed by atoms with van der Waals surface area (Å²) in [6, 6.07) is 6.25. The molecule has 0 heterocycles. The molecule has 0 bridgehead atoms. The molecule has 0 unspecified atom stereocenters. The predicted molar refractivity (Wildman–Crippen MR) is 52.7 cm³/mol.